The number of benzene rings is 1. The molecule has 3 nitrogen and oxygen atoms in total. The molecule has 94 valence electrons. The van der Waals surface area contributed by atoms with E-state index in [9.17, 15) is 5.11 Å². The van der Waals surface area contributed by atoms with Gasteiger partial charge < -0.3 is 15.7 Å². The lowest BCUT2D eigenvalue weighted by Gasteiger charge is -2.24. The van der Waals surface area contributed by atoms with Crippen molar-refractivity contribution in [1.29, 1.82) is 0 Å². The molecule has 1 aliphatic heterocycles. The maximum absolute atomic E-state index is 10.1. The highest BCUT2D eigenvalue weighted by atomic mass is 16.3. The fourth-order valence-corrected chi connectivity index (χ4v) is 2.35. The third-order valence-corrected chi connectivity index (χ3v) is 3.69. The monoisotopic (exact) mass is 234 g/mol. The average Bonchev–Trinajstić information content (AvgIpc) is 2.44. The quantitative estimate of drug-likeness (QED) is 0.733. The van der Waals surface area contributed by atoms with E-state index in [0.29, 0.717) is 0 Å². The fraction of sp³-hybridized carbons (Fsp3) is 0.571. The summed E-state index contributed by atoms with van der Waals surface area (Å²) in [6, 6.07) is 6.22. The summed E-state index contributed by atoms with van der Waals surface area (Å²) < 4.78 is 0. The van der Waals surface area contributed by atoms with Crippen LogP contribution in [0, 0.1) is 6.92 Å². The second-order valence-corrected chi connectivity index (χ2v) is 5.38. The molecule has 1 fully saturated rings. The van der Waals surface area contributed by atoms with Gasteiger partial charge in [-0.25, -0.2) is 0 Å². The Morgan fingerprint density at radius 1 is 1.29 bits per heavy atom. The SMILES string of the molecule is Cc1ccc(N2CCCC(C)(O)CC2)cc1N. The van der Waals surface area contributed by atoms with Crippen molar-refractivity contribution < 1.29 is 5.11 Å². The molecule has 3 N–H and O–H groups in total. The maximum atomic E-state index is 10.1. The van der Waals surface area contributed by atoms with Gasteiger partial charge in [0.15, 0.2) is 0 Å². The summed E-state index contributed by atoms with van der Waals surface area (Å²) in [5.74, 6) is 0. The number of nitrogens with two attached hydrogens (primary N) is 1. The number of aryl methyl sites for hydroxylation is 1. The second kappa shape index (κ2) is 4.57. The Labute approximate surface area is 103 Å². The minimum Gasteiger partial charge on any atom is -0.398 e. The molecule has 1 saturated heterocycles. The van der Waals surface area contributed by atoms with E-state index in [1.54, 1.807) is 0 Å². The molecule has 0 radical (unpaired) electrons. The van der Waals surface area contributed by atoms with Gasteiger partial charge in [-0.2, -0.15) is 0 Å². The van der Waals surface area contributed by atoms with Crippen LogP contribution in [0.25, 0.3) is 0 Å². The van der Waals surface area contributed by atoms with Crippen LogP contribution in [0.2, 0.25) is 0 Å². The molecule has 2 rings (SSSR count). The lowest BCUT2D eigenvalue weighted by Crippen LogP contribution is -2.28. The summed E-state index contributed by atoms with van der Waals surface area (Å²) in [6.07, 6.45) is 2.73. The molecule has 1 unspecified atom stereocenters. The number of hydrogen-bond acceptors (Lipinski definition) is 3. The molecule has 0 aromatic heterocycles. The molecule has 1 aromatic carbocycles. The predicted octanol–water partition coefficient (Wildman–Crippen LogP) is 2.32. The van der Waals surface area contributed by atoms with Gasteiger partial charge in [0.1, 0.15) is 0 Å². The number of anilines is 2. The lowest BCUT2D eigenvalue weighted by molar-refractivity contribution is 0.0481. The van der Waals surface area contributed by atoms with Gasteiger partial charge in [-0.15, -0.1) is 0 Å². The maximum Gasteiger partial charge on any atom is 0.0637 e. The third kappa shape index (κ3) is 2.91. The van der Waals surface area contributed by atoms with Gasteiger partial charge in [0.2, 0.25) is 0 Å². The van der Waals surface area contributed by atoms with Crippen molar-refractivity contribution in [2.75, 3.05) is 23.7 Å². The molecular formula is C14H22N2O. The van der Waals surface area contributed by atoms with Crippen LogP contribution < -0.4 is 10.6 Å². The second-order valence-electron chi connectivity index (χ2n) is 5.38. The van der Waals surface area contributed by atoms with Gasteiger partial charge in [-0.05, 0) is 50.8 Å². The first-order valence-electron chi connectivity index (χ1n) is 6.31. The number of nitrogen functional groups attached to an aromatic ring is 1. The first kappa shape index (κ1) is 12.2. The minimum absolute atomic E-state index is 0.509. The van der Waals surface area contributed by atoms with Gasteiger partial charge in [0, 0.05) is 24.5 Å². The van der Waals surface area contributed by atoms with Crippen molar-refractivity contribution >= 4 is 11.4 Å². The van der Waals surface area contributed by atoms with Crippen LogP contribution in [0.5, 0.6) is 0 Å². The van der Waals surface area contributed by atoms with Crippen molar-refractivity contribution in [3.63, 3.8) is 0 Å². The molecule has 0 amide bonds. The van der Waals surface area contributed by atoms with Crippen LogP contribution in [0.4, 0.5) is 11.4 Å². The van der Waals surface area contributed by atoms with Crippen LogP contribution in [0.3, 0.4) is 0 Å². The Hall–Kier alpha value is -1.22. The van der Waals surface area contributed by atoms with E-state index in [1.165, 1.54) is 5.69 Å². The minimum atomic E-state index is -0.509. The van der Waals surface area contributed by atoms with Crippen molar-refractivity contribution in [2.24, 2.45) is 0 Å². The summed E-state index contributed by atoms with van der Waals surface area (Å²) >= 11 is 0. The topological polar surface area (TPSA) is 49.5 Å². The Balaban J connectivity index is 2.14. The molecule has 17 heavy (non-hydrogen) atoms. The van der Waals surface area contributed by atoms with E-state index >= 15 is 0 Å². The largest absolute Gasteiger partial charge is 0.398 e. The molecule has 0 aliphatic carbocycles. The third-order valence-electron chi connectivity index (χ3n) is 3.69. The van der Waals surface area contributed by atoms with Crippen molar-refractivity contribution in [3.05, 3.63) is 23.8 Å². The van der Waals surface area contributed by atoms with Crippen molar-refractivity contribution in [3.8, 4) is 0 Å². The van der Waals surface area contributed by atoms with E-state index in [1.807, 2.05) is 19.9 Å². The average molecular weight is 234 g/mol. The summed E-state index contributed by atoms with van der Waals surface area (Å²) in [5.41, 5.74) is 8.57. The molecule has 0 spiro atoms. The highest BCUT2D eigenvalue weighted by Crippen LogP contribution is 2.27. The molecule has 1 aromatic rings. The Morgan fingerprint density at radius 3 is 2.76 bits per heavy atom. The van der Waals surface area contributed by atoms with Crippen LogP contribution in [-0.2, 0) is 0 Å². The van der Waals surface area contributed by atoms with E-state index in [4.69, 9.17) is 5.73 Å². The normalized spacial score (nSPS) is 25.7. The van der Waals surface area contributed by atoms with Crippen molar-refractivity contribution in [1.82, 2.24) is 0 Å². The fourth-order valence-electron chi connectivity index (χ4n) is 2.35. The molecule has 0 saturated carbocycles. The van der Waals surface area contributed by atoms with Crippen LogP contribution in [0.1, 0.15) is 31.7 Å². The molecule has 3 heteroatoms. The van der Waals surface area contributed by atoms with Crippen molar-refractivity contribution in [2.45, 2.75) is 38.7 Å². The number of nitrogens with zero attached hydrogens (tertiary/aromatic N) is 1. The molecule has 1 atom stereocenters. The summed E-state index contributed by atoms with van der Waals surface area (Å²) in [7, 11) is 0. The van der Waals surface area contributed by atoms with Crippen LogP contribution in [-0.4, -0.2) is 23.8 Å². The highest BCUT2D eigenvalue weighted by molar-refractivity contribution is 5.59. The van der Waals surface area contributed by atoms with Crippen LogP contribution >= 0.6 is 0 Å². The lowest BCUT2D eigenvalue weighted by atomic mass is 9.98. The summed E-state index contributed by atoms with van der Waals surface area (Å²) in [6.45, 7) is 5.85. The van der Waals surface area contributed by atoms with E-state index in [-0.39, 0.29) is 0 Å². The Kier molecular flexibility index (Phi) is 3.29. The van der Waals surface area contributed by atoms with Gasteiger partial charge in [0.25, 0.3) is 0 Å². The molecule has 1 heterocycles. The zero-order chi connectivity index (χ0) is 12.5. The Morgan fingerprint density at radius 2 is 2.06 bits per heavy atom. The summed E-state index contributed by atoms with van der Waals surface area (Å²) in [5, 5.41) is 10.1. The van der Waals surface area contributed by atoms with E-state index in [0.717, 1.165) is 43.6 Å². The molecule has 0 bridgehead atoms. The standard InChI is InChI=1S/C14H22N2O/c1-11-4-5-12(10-13(11)15)16-8-3-6-14(2,17)7-9-16/h4-5,10,17H,3,6-9,15H2,1-2H3. The smallest absolute Gasteiger partial charge is 0.0637 e. The molecule has 1 aliphatic rings. The van der Waals surface area contributed by atoms with Gasteiger partial charge in [-0.3, -0.25) is 0 Å². The zero-order valence-electron chi connectivity index (χ0n) is 10.7. The zero-order valence-corrected chi connectivity index (χ0v) is 10.7. The molecular weight excluding hydrogens is 212 g/mol. The number of aliphatic hydroxyl groups is 1. The van der Waals surface area contributed by atoms with Gasteiger partial charge >= 0.3 is 0 Å². The first-order valence-corrected chi connectivity index (χ1v) is 6.31. The highest BCUT2D eigenvalue weighted by Gasteiger charge is 2.25. The van der Waals surface area contributed by atoms with Crippen LogP contribution in [0.15, 0.2) is 18.2 Å². The number of rotatable bonds is 1. The summed E-state index contributed by atoms with van der Waals surface area (Å²) in [4.78, 5) is 2.32. The van der Waals surface area contributed by atoms with E-state index < -0.39 is 5.60 Å². The van der Waals surface area contributed by atoms with E-state index in [2.05, 4.69) is 17.0 Å². The Bertz CT molecular complexity index is 401. The van der Waals surface area contributed by atoms with Gasteiger partial charge in [-0.1, -0.05) is 6.07 Å². The van der Waals surface area contributed by atoms with Gasteiger partial charge in [0.05, 0.1) is 5.60 Å². The predicted molar refractivity (Wildman–Crippen MR) is 72.3 cm³/mol. The first-order chi connectivity index (χ1) is 7.98. The number of hydrogen-bond donors (Lipinski definition) is 2.